The van der Waals surface area contributed by atoms with Crippen LogP contribution in [0.5, 0.6) is 0 Å². The number of hydrogen-bond donors (Lipinski definition) is 0. The molecule has 1 heterocycles. The summed E-state index contributed by atoms with van der Waals surface area (Å²) < 4.78 is 12.1. The summed E-state index contributed by atoms with van der Waals surface area (Å²) in [5.41, 5.74) is -0.241. The quantitative estimate of drug-likeness (QED) is 0.515. The average Bonchev–Trinajstić information content (AvgIpc) is 3.10. The van der Waals surface area contributed by atoms with Gasteiger partial charge in [0.05, 0.1) is 5.92 Å². The van der Waals surface area contributed by atoms with Gasteiger partial charge in [0.2, 0.25) is 0 Å². The summed E-state index contributed by atoms with van der Waals surface area (Å²) in [5, 5.41) is 0. The summed E-state index contributed by atoms with van der Waals surface area (Å²) in [5.74, 6) is 0.203. The summed E-state index contributed by atoms with van der Waals surface area (Å²) >= 11 is 0. The normalized spacial score (nSPS) is 50.2. The first-order valence-corrected chi connectivity index (χ1v) is 11.3. The SMILES string of the molecule is CCC(=O)O[C@@]1(C)CC[C@H]2[C@H]3C(=CC[C@@]21C)[C@@]1(C)CCC(=O)C[C@]12C[C@H]3C(=O)O2. The van der Waals surface area contributed by atoms with E-state index in [0.29, 0.717) is 31.6 Å². The maximum atomic E-state index is 13.0. The van der Waals surface area contributed by atoms with Crippen LogP contribution in [0.3, 0.4) is 0 Å². The van der Waals surface area contributed by atoms with Crippen molar-refractivity contribution in [3.63, 3.8) is 0 Å². The molecule has 5 nitrogen and oxygen atoms in total. The van der Waals surface area contributed by atoms with Gasteiger partial charge in [-0.3, -0.25) is 14.4 Å². The standard InChI is InChI=1S/C24H32O5/c1-5-18(26)28-23(4)11-8-16-19-15-13-24(29-20(15)27)12-14(25)6-9-22(24,3)17(19)7-10-21(16,23)2/h7,15-16,19H,5-6,8-13H2,1-4H3/t15-,16+,19+,21+,22-,23+,24+/m1/s1. The summed E-state index contributed by atoms with van der Waals surface area (Å²) in [6.07, 6.45) is 7.71. The molecule has 4 aliphatic carbocycles. The minimum atomic E-state index is -0.642. The first-order valence-electron chi connectivity index (χ1n) is 11.3. The van der Waals surface area contributed by atoms with Crippen molar-refractivity contribution in [2.45, 2.75) is 90.3 Å². The lowest BCUT2D eigenvalue weighted by Gasteiger charge is -2.58. The van der Waals surface area contributed by atoms with Crippen molar-refractivity contribution >= 4 is 17.7 Å². The molecule has 0 aromatic rings. The molecule has 5 rings (SSSR count). The zero-order valence-electron chi connectivity index (χ0n) is 18.0. The van der Waals surface area contributed by atoms with E-state index in [4.69, 9.17) is 9.47 Å². The van der Waals surface area contributed by atoms with Gasteiger partial charge in [0, 0.05) is 36.5 Å². The highest BCUT2D eigenvalue weighted by atomic mass is 16.6. The Labute approximate surface area is 172 Å². The van der Waals surface area contributed by atoms with Crippen LogP contribution in [0.1, 0.15) is 79.1 Å². The molecule has 0 unspecified atom stereocenters. The molecule has 5 heteroatoms. The van der Waals surface area contributed by atoms with Gasteiger partial charge in [-0.15, -0.1) is 0 Å². The minimum absolute atomic E-state index is 0.122. The van der Waals surface area contributed by atoms with Gasteiger partial charge < -0.3 is 9.47 Å². The fraction of sp³-hybridized carbons (Fsp3) is 0.792. The molecule has 0 aromatic heterocycles. The van der Waals surface area contributed by atoms with Crippen LogP contribution in [0, 0.1) is 28.6 Å². The summed E-state index contributed by atoms with van der Waals surface area (Å²) in [6.45, 7) is 8.39. The van der Waals surface area contributed by atoms with E-state index in [2.05, 4.69) is 26.8 Å². The van der Waals surface area contributed by atoms with E-state index in [-0.39, 0.29) is 40.4 Å². The van der Waals surface area contributed by atoms with E-state index < -0.39 is 11.2 Å². The molecule has 29 heavy (non-hydrogen) atoms. The number of fused-ring (bicyclic) bond motifs is 6. The number of carbonyl (C=O) groups excluding carboxylic acids is 3. The van der Waals surface area contributed by atoms with Crippen molar-refractivity contribution in [2.24, 2.45) is 28.6 Å². The fourth-order valence-corrected chi connectivity index (χ4v) is 7.72. The fourth-order valence-electron chi connectivity index (χ4n) is 7.72. The highest BCUT2D eigenvalue weighted by Crippen LogP contribution is 2.71. The predicted molar refractivity (Wildman–Crippen MR) is 106 cm³/mol. The number of carbonyl (C=O) groups is 3. The summed E-state index contributed by atoms with van der Waals surface area (Å²) in [4.78, 5) is 37.5. The van der Waals surface area contributed by atoms with E-state index in [1.54, 1.807) is 0 Å². The number of ketones is 1. The lowest BCUT2D eigenvalue weighted by atomic mass is 9.45. The third-order valence-corrected chi connectivity index (χ3v) is 9.74. The molecule has 1 aliphatic heterocycles. The number of rotatable bonds is 2. The van der Waals surface area contributed by atoms with Crippen molar-refractivity contribution in [1.82, 2.24) is 0 Å². The second kappa shape index (κ2) is 5.73. The number of Topliss-reactive ketones (excluding diaryl/α,β-unsaturated/α-hetero) is 1. The van der Waals surface area contributed by atoms with E-state index in [1.165, 1.54) is 5.57 Å². The van der Waals surface area contributed by atoms with Crippen LogP contribution in [-0.2, 0) is 23.9 Å². The number of hydrogen-bond acceptors (Lipinski definition) is 5. The molecule has 7 atom stereocenters. The molecule has 1 saturated heterocycles. The van der Waals surface area contributed by atoms with Crippen LogP contribution in [0.15, 0.2) is 11.6 Å². The Morgan fingerprint density at radius 2 is 2.00 bits per heavy atom. The van der Waals surface area contributed by atoms with Crippen LogP contribution >= 0.6 is 0 Å². The topological polar surface area (TPSA) is 69.7 Å². The molecule has 158 valence electrons. The maximum absolute atomic E-state index is 13.0. The summed E-state index contributed by atoms with van der Waals surface area (Å²) in [7, 11) is 0. The first-order chi connectivity index (χ1) is 13.6. The number of esters is 2. The smallest absolute Gasteiger partial charge is 0.310 e. The highest BCUT2D eigenvalue weighted by molar-refractivity contribution is 5.85. The maximum Gasteiger partial charge on any atom is 0.310 e. The predicted octanol–water partition coefficient (Wildman–Crippen LogP) is 4.14. The van der Waals surface area contributed by atoms with Crippen molar-refractivity contribution < 1.29 is 23.9 Å². The van der Waals surface area contributed by atoms with Gasteiger partial charge in [-0.05, 0) is 44.4 Å². The molecule has 0 radical (unpaired) electrons. The van der Waals surface area contributed by atoms with Gasteiger partial charge in [0.15, 0.2) is 0 Å². The van der Waals surface area contributed by atoms with Gasteiger partial charge in [0.25, 0.3) is 0 Å². The lowest BCUT2D eigenvalue weighted by molar-refractivity contribution is -0.173. The average molecular weight is 401 g/mol. The highest BCUT2D eigenvalue weighted by Gasteiger charge is 2.72. The van der Waals surface area contributed by atoms with E-state index in [0.717, 1.165) is 25.7 Å². The number of allylic oxidation sites excluding steroid dienone is 1. The van der Waals surface area contributed by atoms with Gasteiger partial charge in [-0.2, -0.15) is 0 Å². The first kappa shape index (κ1) is 19.3. The van der Waals surface area contributed by atoms with Crippen LogP contribution in [0.2, 0.25) is 0 Å². The molecular weight excluding hydrogens is 368 g/mol. The van der Waals surface area contributed by atoms with Gasteiger partial charge in [-0.25, -0.2) is 0 Å². The van der Waals surface area contributed by atoms with Crippen LogP contribution in [0.25, 0.3) is 0 Å². The molecule has 4 fully saturated rings. The zero-order valence-corrected chi connectivity index (χ0v) is 18.0. The Hall–Kier alpha value is -1.65. The minimum Gasteiger partial charge on any atom is -0.459 e. The van der Waals surface area contributed by atoms with Crippen LogP contribution in [-0.4, -0.2) is 28.9 Å². The van der Waals surface area contributed by atoms with Gasteiger partial charge in [0.1, 0.15) is 17.0 Å². The molecule has 2 bridgehead atoms. The Bertz CT molecular complexity index is 844. The van der Waals surface area contributed by atoms with E-state index in [9.17, 15) is 14.4 Å². The van der Waals surface area contributed by atoms with Gasteiger partial charge in [-0.1, -0.05) is 32.4 Å². The summed E-state index contributed by atoms with van der Waals surface area (Å²) in [6, 6.07) is 0. The Balaban J connectivity index is 1.59. The molecule has 0 amide bonds. The Morgan fingerprint density at radius 3 is 2.72 bits per heavy atom. The Morgan fingerprint density at radius 1 is 1.24 bits per heavy atom. The second-order valence-electron chi connectivity index (χ2n) is 10.8. The van der Waals surface area contributed by atoms with Gasteiger partial charge >= 0.3 is 11.9 Å². The molecule has 0 aromatic carbocycles. The van der Waals surface area contributed by atoms with Crippen LogP contribution < -0.4 is 0 Å². The van der Waals surface area contributed by atoms with Crippen molar-refractivity contribution in [2.75, 3.05) is 0 Å². The van der Waals surface area contributed by atoms with E-state index >= 15 is 0 Å². The molecule has 3 saturated carbocycles. The molecule has 5 aliphatic rings. The lowest BCUT2D eigenvalue weighted by Crippen LogP contribution is -2.59. The Kier molecular flexibility index (Phi) is 3.82. The largest absolute Gasteiger partial charge is 0.459 e. The molecule has 0 N–H and O–H groups in total. The third kappa shape index (κ3) is 2.20. The van der Waals surface area contributed by atoms with Crippen molar-refractivity contribution in [3.05, 3.63) is 11.6 Å². The molecular formula is C24H32O5. The van der Waals surface area contributed by atoms with Crippen LogP contribution in [0.4, 0.5) is 0 Å². The van der Waals surface area contributed by atoms with Crippen molar-refractivity contribution in [1.29, 1.82) is 0 Å². The monoisotopic (exact) mass is 400 g/mol. The van der Waals surface area contributed by atoms with Crippen molar-refractivity contribution in [3.8, 4) is 0 Å². The number of ether oxygens (including phenoxy) is 2. The molecule has 1 spiro atoms. The zero-order chi connectivity index (χ0) is 20.8. The second-order valence-corrected chi connectivity index (χ2v) is 10.8. The third-order valence-electron chi connectivity index (χ3n) is 9.74. The van der Waals surface area contributed by atoms with E-state index in [1.807, 2.05) is 6.92 Å².